The minimum absolute atomic E-state index is 0. The van der Waals surface area contributed by atoms with Gasteiger partial charge in [0.2, 0.25) is 0 Å². The zero-order valence-corrected chi connectivity index (χ0v) is 15.5. The van der Waals surface area contributed by atoms with E-state index in [1.165, 1.54) is 12.8 Å². The fourth-order valence-electron chi connectivity index (χ4n) is 3.29. The molecular weight excluding hydrogens is 418 g/mol. The Morgan fingerprint density at radius 2 is 1.24 bits per heavy atom. The molecule has 1 heterocycles. The van der Waals surface area contributed by atoms with Crippen molar-refractivity contribution in [2.45, 2.75) is 35.0 Å². The van der Waals surface area contributed by atoms with Crippen LogP contribution in [-0.4, -0.2) is 0 Å². The second-order valence-corrected chi connectivity index (χ2v) is 20.8. The van der Waals surface area contributed by atoms with Gasteiger partial charge >= 0.3 is 97.1 Å². The van der Waals surface area contributed by atoms with Crippen LogP contribution in [0.1, 0.15) is 26.7 Å². The molecule has 0 aromatic heterocycles. The van der Waals surface area contributed by atoms with Gasteiger partial charge in [-0.15, -0.1) is 0 Å². The van der Waals surface area contributed by atoms with Gasteiger partial charge < -0.3 is 24.8 Å². The second-order valence-electron chi connectivity index (χ2n) is 5.12. The molecular formula is C14H18Cl2Hf. The summed E-state index contributed by atoms with van der Waals surface area (Å²) in [4.78, 5) is 0. The summed E-state index contributed by atoms with van der Waals surface area (Å²) in [6, 6.07) is 0. The van der Waals surface area contributed by atoms with Gasteiger partial charge in [0.05, 0.1) is 0 Å². The SMILES string of the molecule is CC1=[C]([Hf+2]2([C]3=C(C)C=CC3)[CH2][CH2]2)CC=C1.[Cl-].[Cl-]. The summed E-state index contributed by atoms with van der Waals surface area (Å²) in [6.07, 6.45) is 12.1. The van der Waals surface area contributed by atoms with Crippen LogP contribution in [0.25, 0.3) is 0 Å². The van der Waals surface area contributed by atoms with Crippen molar-refractivity contribution in [1.29, 1.82) is 0 Å². The van der Waals surface area contributed by atoms with E-state index < -0.39 is 20.0 Å². The van der Waals surface area contributed by atoms with Crippen LogP contribution in [-0.2, 0) is 20.0 Å². The summed E-state index contributed by atoms with van der Waals surface area (Å²) in [6.45, 7) is 4.66. The normalized spacial score (nSPS) is 22.0. The first-order valence-corrected chi connectivity index (χ1v) is 14.6. The molecule has 0 N–H and O–H groups in total. The van der Waals surface area contributed by atoms with Gasteiger partial charge in [-0.25, -0.2) is 0 Å². The van der Waals surface area contributed by atoms with Gasteiger partial charge in [0, 0.05) is 0 Å². The predicted octanol–water partition coefficient (Wildman–Crippen LogP) is -1.53. The van der Waals surface area contributed by atoms with Crippen LogP contribution < -0.4 is 24.8 Å². The second kappa shape index (κ2) is 5.59. The van der Waals surface area contributed by atoms with E-state index in [0.29, 0.717) is 0 Å². The van der Waals surface area contributed by atoms with Gasteiger partial charge in [0.15, 0.2) is 0 Å². The number of hydrogen-bond acceptors (Lipinski definition) is 0. The molecule has 2 aliphatic carbocycles. The van der Waals surface area contributed by atoms with Crippen molar-refractivity contribution in [3.8, 4) is 0 Å². The van der Waals surface area contributed by atoms with Crippen molar-refractivity contribution in [3.05, 3.63) is 42.1 Å². The Balaban J connectivity index is 0.000000722. The molecule has 0 radical (unpaired) electrons. The third-order valence-corrected chi connectivity index (χ3v) is 22.2. The Kier molecular flexibility index (Phi) is 5.08. The summed E-state index contributed by atoms with van der Waals surface area (Å²) < 4.78 is 7.08. The average Bonchev–Trinajstić information content (AvgIpc) is 2.68. The minimum Gasteiger partial charge on any atom is -1.00 e. The summed E-state index contributed by atoms with van der Waals surface area (Å²) in [7, 11) is 0. The summed E-state index contributed by atoms with van der Waals surface area (Å²) in [5.41, 5.74) is 3.25. The first-order chi connectivity index (χ1) is 7.24. The van der Waals surface area contributed by atoms with Crippen LogP contribution >= 0.6 is 0 Å². The molecule has 92 valence electrons. The quantitative estimate of drug-likeness (QED) is 0.462. The Morgan fingerprint density at radius 3 is 1.47 bits per heavy atom. The third kappa shape index (κ3) is 2.43. The molecule has 0 bridgehead atoms. The molecule has 3 rings (SSSR count). The zero-order chi connectivity index (χ0) is 10.5. The van der Waals surface area contributed by atoms with Crippen LogP contribution in [0.4, 0.5) is 0 Å². The van der Waals surface area contributed by atoms with Crippen LogP contribution in [0.2, 0.25) is 8.35 Å². The topological polar surface area (TPSA) is 0 Å². The van der Waals surface area contributed by atoms with E-state index >= 15 is 0 Å². The van der Waals surface area contributed by atoms with Crippen molar-refractivity contribution in [1.82, 2.24) is 0 Å². The standard InChI is InChI=1S/2C6H7.C2H4.2ClH.Hf/c2*1-6-4-2-3-5-6;1-2;;;/h2*2,4H,3H2,1H3;1-2H2;2*1H;/q;;;;;+2/p-2. The molecule has 0 aromatic rings. The van der Waals surface area contributed by atoms with E-state index in [4.69, 9.17) is 0 Å². The molecule has 0 nitrogen and oxygen atoms in total. The van der Waals surface area contributed by atoms with Crippen LogP contribution in [0, 0.1) is 0 Å². The van der Waals surface area contributed by atoms with Gasteiger partial charge in [-0.1, -0.05) is 0 Å². The molecule has 3 heteroatoms. The monoisotopic (exact) mass is 436 g/mol. The van der Waals surface area contributed by atoms with Crippen molar-refractivity contribution in [2.24, 2.45) is 0 Å². The van der Waals surface area contributed by atoms with Crippen molar-refractivity contribution < 1.29 is 44.8 Å². The molecule has 1 fully saturated rings. The molecule has 0 aromatic carbocycles. The number of allylic oxidation sites excluding steroid dienone is 8. The van der Waals surface area contributed by atoms with Gasteiger partial charge in [0.25, 0.3) is 0 Å². The molecule has 1 aliphatic heterocycles. The fourth-order valence-corrected chi connectivity index (χ4v) is 26.9. The molecule has 1 saturated heterocycles. The van der Waals surface area contributed by atoms with E-state index in [2.05, 4.69) is 38.2 Å². The molecule has 17 heavy (non-hydrogen) atoms. The number of halogens is 2. The van der Waals surface area contributed by atoms with Gasteiger partial charge in [-0.3, -0.25) is 0 Å². The maximum Gasteiger partial charge on any atom is -1.00 e. The average molecular weight is 436 g/mol. The number of rotatable bonds is 2. The molecule has 0 unspecified atom stereocenters. The fraction of sp³-hybridized carbons (Fsp3) is 0.429. The van der Waals surface area contributed by atoms with E-state index in [-0.39, 0.29) is 24.8 Å². The molecule has 3 aliphatic rings. The van der Waals surface area contributed by atoms with Crippen LogP contribution in [0.3, 0.4) is 0 Å². The van der Waals surface area contributed by atoms with Gasteiger partial charge in [0.1, 0.15) is 0 Å². The number of hydrogen-bond donors (Lipinski definition) is 0. The van der Waals surface area contributed by atoms with Gasteiger partial charge in [-0.2, -0.15) is 0 Å². The van der Waals surface area contributed by atoms with Crippen molar-refractivity contribution >= 4 is 0 Å². The Bertz CT molecular complexity index is 399. The largest absolute Gasteiger partial charge is 1.00 e. The Morgan fingerprint density at radius 1 is 0.824 bits per heavy atom. The van der Waals surface area contributed by atoms with E-state index in [1.807, 2.05) is 6.66 Å². The Hall–Kier alpha value is 0.410. The van der Waals surface area contributed by atoms with E-state index in [0.717, 1.165) is 0 Å². The van der Waals surface area contributed by atoms with E-state index in [9.17, 15) is 0 Å². The maximum atomic E-state index is 2.38. The third-order valence-electron chi connectivity index (χ3n) is 4.24. The van der Waals surface area contributed by atoms with Crippen molar-refractivity contribution in [3.63, 3.8) is 0 Å². The first kappa shape index (κ1) is 15.5. The molecule has 0 amide bonds. The zero-order valence-electron chi connectivity index (χ0n) is 10.4. The van der Waals surface area contributed by atoms with Gasteiger partial charge in [-0.05, 0) is 0 Å². The maximum absolute atomic E-state index is 2.38. The molecule has 0 saturated carbocycles. The van der Waals surface area contributed by atoms with Crippen LogP contribution in [0.5, 0.6) is 0 Å². The van der Waals surface area contributed by atoms with Crippen molar-refractivity contribution in [2.75, 3.05) is 0 Å². The van der Waals surface area contributed by atoms with Crippen LogP contribution in [0.15, 0.2) is 42.1 Å². The smallest absolute Gasteiger partial charge is 1.00 e. The minimum atomic E-state index is -2.02. The first-order valence-electron chi connectivity index (χ1n) is 5.97. The Labute approximate surface area is 121 Å². The van der Waals surface area contributed by atoms with E-state index in [1.54, 1.807) is 19.5 Å². The molecule has 0 spiro atoms. The predicted molar refractivity (Wildman–Crippen MR) is 62.5 cm³/mol. The molecule has 0 atom stereocenters. The summed E-state index contributed by atoms with van der Waals surface area (Å²) in [5, 5.41) is 0. The summed E-state index contributed by atoms with van der Waals surface area (Å²) in [5.74, 6) is 0. The summed E-state index contributed by atoms with van der Waals surface area (Å²) >= 11 is -2.02.